The van der Waals surface area contributed by atoms with Crippen molar-refractivity contribution in [1.29, 1.82) is 0 Å². The zero-order valence-electron chi connectivity index (χ0n) is 26.0. The lowest BCUT2D eigenvalue weighted by atomic mass is 9.85. The third-order valence-corrected chi connectivity index (χ3v) is 9.41. The number of benzene rings is 4. The summed E-state index contributed by atoms with van der Waals surface area (Å²) in [6, 6.07) is 27.9. The molecule has 240 valence electrons. The van der Waals surface area contributed by atoms with Crippen molar-refractivity contribution in [2.45, 2.75) is 50.7 Å². The fraction of sp³-hybridized carbons (Fsp3) is 0.278. The van der Waals surface area contributed by atoms with Crippen molar-refractivity contribution in [1.82, 2.24) is 4.90 Å². The number of cyclic esters (lactones) is 1. The number of anilines is 1. The first kappa shape index (κ1) is 33.5. The van der Waals surface area contributed by atoms with Crippen molar-refractivity contribution in [3.05, 3.63) is 136 Å². The number of ether oxygens (including phenoxy) is 1. The first-order chi connectivity index (χ1) is 22.0. The zero-order chi connectivity index (χ0) is 32.8. The summed E-state index contributed by atoms with van der Waals surface area (Å²) < 4.78 is 40.7. The van der Waals surface area contributed by atoms with Gasteiger partial charge in [0.05, 0.1) is 18.1 Å². The summed E-state index contributed by atoms with van der Waals surface area (Å²) in [5, 5.41) is 3.47. The van der Waals surface area contributed by atoms with Gasteiger partial charge in [-0.1, -0.05) is 70.5 Å². The summed E-state index contributed by atoms with van der Waals surface area (Å²) in [6.45, 7) is 6.29. The monoisotopic (exact) mass is 706 g/mol. The highest BCUT2D eigenvalue weighted by Gasteiger charge is 2.44. The Morgan fingerprint density at radius 1 is 0.891 bits per heavy atom. The Kier molecular flexibility index (Phi) is 10.7. The predicted molar refractivity (Wildman–Crippen MR) is 181 cm³/mol. The second kappa shape index (κ2) is 14.7. The second-order valence-corrected chi connectivity index (χ2v) is 17.7. The standard InChI is InChI=1S/C36H37BrF2N2O4Si/c1-46(2,3)45-33(25-11-15-28(38)16-12-25)22-21-31(35(42)41-32(23-44-36(41)43)24-7-5-4-6-8-24)34(26-9-13-27(37)14-10-26)40-30-19-17-29(39)18-20-30/h4-20,31-34,40H,21-23H2,1-3H3/t31-,32+,33-,34-/m1/s1. The molecule has 1 heterocycles. The Hall–Kier alpha value is -3.86. The number of hydrogen-bond donors (Lipinski definition) is 1. The van der Waals surface area contributed by atoms with Crippen LogP contribution in [0, 0.1) is 17.6 Å². The number of nitrogens with zero attached hydrogens (tertiary/aromatic N) is 1. The van der Waals surface area contributed by atoms with Crippen LogP contribution in [0.15, 0.2) is 108 Å². The van der Waals surface area contributed by atoms with Crippen LogP contribution in [-0.2, 0) is 14.0 Å². The minimum absolute atomic E-state index is 0.0482. The van der Waals surface area contributed by atoms with Gasteiger partial charge < -0.3 is 14.5 Å². The molecule has 4 atom stereocenters. The van der Waals surface area contributed by atoms with Gasteiger partial charge in [0.1, 0.15) is 24.3 Å². The molecule has 6 nitrogen and oxygen atoms in total. The lowest BCUT2D eigenvalue weighted by molar-refractivity contribution is -0.134. The van der Waals surface area contributed by atoms with E-state index in [0.29, 0.717) is 18.5 Å². The maximum Gasteiger partial charge on any atom is 0.417 e. The van der Waals surface area contributed by atoms with Crippen molar-refractivity contribution in [2.75, 3.05) is 11.9 Å². The molecule has 0 aliphatic carbocycles. The topological polar surface area (TPSA) is 67.9 Å². The number of halogens is 3. The number of nitrogens with one attached hydrogen (secondary N) is 1. The lowest BCUT2D eigenvalue weighted by Crippen LogP contribution is -2.42. The Morgan fingerprint density at radius 2 is 1.48 bits per heavy atom. The summed E-state index contributed by atoms with van der Waals surface area (Å²) in [6.07, 6.45) is -0.377. The Bertz CT molecular complexity index is 1620. The maximum atomic E-state index is 14.8. The maximum absolute atomic E-state index is 14.8. The highest BCUT2D eigenvalue weighted by atomic mass is 79.9. The smallest absolute Gasteiger partial charge is 0.417 e. The molecular formula is C36H37BrF2N2O4Si. The van der Waals surface area contributed by atoms with E-state index >= 15 is 0 Å². The van der Waals surface area contributed by atoms with E-state index in [2.05, 4.69) is 40.9 Å². The quantitative estimate of drug-likeness (QED) is 0.149. The van der Waals surface area contributed by atoms with Crippen molar-refractivity contribution in [3.8, 4) is 0 Å². The van der Waals surface area contributed by atoms with Gasteiger partial charge in [0.25, 0.3) is 0 Å². The van der Waals surface area contributed by atoms with Crippen molar-refractivity contribution < 1.29 is 27.5 Å². The molecule has 1 aliphatic heterocycles. The molecule has 0 unspecified atom stereocenters. The van der Waals surface area contributed by atoms with E-state index in [1.165, 1.54) is 29.2 Å². The summed E-state index contributed by atoms with van der Waals surface area (Å²) >= 11 is 3.50. The Morgan fingerprint density at radius 3 is 2.09 bits per heavy atom. The Balaban J connectivity index is 1.57. The molecule has 1 aliphatic rings. The van der Waals surface area contributed by atoms with Crippen LogP contribution in [0.2, 0.25) is 19.6 Å². The Labute approximate surface area is 278 Å². The van der Waals surface area contributed by atoms with E-state index in [-0.39, 0.29) is 18.2 Å². The highest BCUT2D eigenvalue weighted by molar-refractivity contribution is 9.10. The number of carbonyl (C=O) groups is 2. The normalized spacial score (nSPS) is 16.9. The average molecular weight is 708 g/mol. The summed E-state index contributed by atoms with van der Waals surface area (Å²) in [4.78, 5) is 29.2. The van der Waals surface area contributed by atoms with Gasteiger partial charge in [-0.2, -0.15) is 0 Å². The van der Waals surface area contributed by atoms with Crippen LogP contribution in [-0.4, -0.2) is 31.8 Å². The summed E-state index contributed by atoms with van der Waals surface area (Å²) in [7, 11) is -2.09. The van der Waals surface area contributed by atoms with E-state index in [1.54, 1.807) is 24.3 Å². The van der Waals surface area contributed by atoms with Crippen LogP contribution in [0.1, 0.15) is 47.7 Å². The fourth-order valence-electron chi connectivity index (χ4n) is 5.74. The van der Waals surface area contributed by atoms with Gasteiger partial charge in [-0.25, -0.2) is 18.5 Å². The molecule has 0 saturated carbocycles. The van der Waals surface area contributed by atoms with Crippen molar-refractivity contribution in [2.24, 2.45) is 5.92 Å². The molecule has 4 aromatic rings. The third-order valence-electron chi connectivity index (χ3n) is 7.89. The number of imide groups is 1. The van der Waals surface area contributed by atoms with Gasteiger partial charge in [0, 0.05) is 10.2 Å². The van der Waals surface area contributed by atoms with Gasteiger partial charge in [-0.05, 0) is 97.7 Å². The number of hydrogen-bond acceptors (Lipinski definition) is 5. The van der Waals surface area contributed by atoms with E-state index in [0.717, 1.165) is 21.2 Å². The summed E-state index contributed by atoms with van der Waals surface area (Å²) in [5.74, 6) is -1.91. The molecule has 0 bridgehead atoms. The van der Waals surface area contributed by atoms with Crippen LogP contribution >= 0.6 is 15.9 Å². The molecule has 46 heavy (non-hydrogen) atoms. The van der Waals surface area contributed by atoms with Gasteiger partial charge >= 0.3 is 6.09 Å². The van der Waals surface area contributed by atoms with E-state index < -0.39 is 44.4 Å². The fourth-order valence-corrected chi connectivity index (χ4v) is 7.11. The van der Waals surface area contributed by atoms with Crippen molar-refractivity contribution >= 4 is 41.9 Å². The summed E-state index contributed by atoms with van der Waals surface area (Å²) in [5.41, 5.74) is 3.02. The average Bonchev–Trinajstić information content (AvgIpc) is 3.42. The molecule has 1 saturated heterocycles. The minimum Gasteiger partial charge on any atom is -0.446 e. The van der Waals surface area contributed by atoms with Crippen LogP contribution < -0.4 is 5.32 Å². The SMILES string of the molecule is C[Si](C)(C)O[C@H](CC[C@@H](C(=O)N1C(=O)OC[C@H]1c1ccccc1)[C@H](Nc1ccc(F)cc1)c1ccc(Br)cc1)c1ccc(F)cc1. The molecule has 1 N–H and O–H groups in total. The third kappa shape index (κ3) is 8.48. The molecule has 0 aromatic heterocycles. The van der Waals surface area contributed by atoms with Crippen LogP contribution in [0.4, 0.5) is 19.3 Å². The molecule has 1 fully saturated rings. The number of amides is 2. The minimum atomic E-state index is -2.09. The molecule has 0 radical (unpaired) electrons. The molecule has 10 heteroatoms. The van der Waals surface area contributed by atoms with Crippen LogP contribution in [0.3, 0.4) is 0 Å². The second-order valence-electron chi connectivity index (χ2n) is 12.3. The van der Waals surface area contributed by atoms with Gasteiger partial charge in [0.15, 0.2) is 8.32 Å². The molecular weight excluding hydrogens is 670 g/mol. The van der Waals surface area contributed by atoms with Gasteiger partial charge in [-0.15, -0.1) is 0 Å². The van der Waals surface area contributed by atoms with Crippen LogP contribution in [0.5, 0.6) is 0 Å². The van der Waals surface area contributed by atoms with Crippen LogP contribution in [0.25, 0.3) is 0 Å². The highest BCUT2D eigenvalue weighted by Crippen LogP contribution is 2.39. The van der Waals surface area contributed by atoms with E-state index in [9.17, 15) is 18.4 Å². The first-order valence-corrected chi connectivity index (χ1v) is 19.4. The van der Waals surface area contributed by atoms with Gasteiger partial charge in [0.2, 0.25) is 5.91 Å². The zero-order valence-corrected chi connectivity index (χ0v) is 28.5. The number of rotatable bonds is 12. The van der Waals surface area contributed by atoms with E-state index in [4.69, 9.17) is 9.16 Å². The molecule has 0 spiro atoms. The molecule has 2 amide bonds. The largest absolute Gasteiger partial charge is 0.446 e. The van der Waals surface area contributed by atoms with Crippen molar-refractivity contribution in [3.63, 3.8) is 0 Å². The first-order valence-electron chi connectivity index (χ1n) is 15.2. The predicted octanol–water partition coefficient (Wildman–Crippen LogP) is 9.59. The molecule has 5 rings (SSSR count). The van der Waals surface area contributed by atoms with E-state index in [1.807, 2.05) is 54.6 Å². The number of carbonyl (C=O) groups excluding carboxylic acids is 2. The van der Waals surface area contributed by atoms with Gasteiger partial charge in [-0.3, -0.25) is 4.79 Å². The molecule has 4 aromatic carbocycles. The lowest BCUT2D eigenvalue weighted by Gasteiger charge is -2.34.